The first-order valence-corrected chi connectivity index (χ1v) is 8.89. The predicted molar refractivity (Wildman–Crippen MR) is 92.7 cm³/mol. The number of aliphatic hydroxyl groups excluding tert-OH is 1. The number of rotatable bonds is 2. The van der Waals surface area contributed by atoms with Gasteiger partial charge in [-0.2, -0.15) is 0 Å². The number of hydrogen-bond acceptors (Lipinski definition) is 4. The van der Waals surface area contributed by atoms with E-state index < -0.39 is 5.41 Å². The van der Waals surface area contributed by atoms with E-state index in [1.54, 1.807) is 6.07 Å². The lowest BCUT2D eigenvalue weighted by Gasteiger charge is -2.54. The Bertz CT molecular complexity index is 689. The van der Waals surface area contributed by atoms with Crippen LogP contribution in [0.4, 0.5) is 0 Å². The van der Waals surface area contributed by atoms with Crippen molar-refractivity contribution in [1.29, 1.82) is 0 Å². The lowest BCUT2D eigenvalue weighted by Crippen LogP contribution is -2.53. The van der Waals surface area contributed by atoms with Crippen LogP contribution in [-0.4, -0.2) is 27.7 Å². The average molecular weight is 332 g/mol. The normalized spacial score (nSPS) is 28.6. The van der Waals surface area contributed by atoms with Gasteiger partial charge in [-0.1, -0.05) is 34.1 Å². The molecule has 4 heteroatoms. The molecular weight excluding hydrogens is 304 g/mol. The highest BCUT2D eigenvalue weighted by Crippen LogP contribution is 2.60. The number of fused-ring (bicyclic) bond motifs is 3. The van der Waals surface area contributed by atoms with Gasteiger partial charge in [-0.3, -0.25) is 4.79 Å². The molecular formula is C20H28O4. The van der Waals surface area contributed by atoms with Gasteiger partial charge in [0.05, 0.1) is 6.61 Å². The van der Waals surface area contributed by atoms with Crippen molar-refractivity contribution in [3.8, 4) is 11.5 Å². The van der Waals surface area contributed by atoms with Crippen LogP contribution in [0.25, 0.3) is 0 Å². The molecule has 3 rings (SSSR count). The maximum absolute atomic E-state index is 12.9. The number of Topliss-reactive ketones (excluding diaryl/α,β-unsaturated/α-hetero) is 1. The Morgan fingerprint density at radius 2 is 1.88 bits per heavy atom. The van der Waals surface area contributed by atoms with Crippen molar-refractivity contribution in [2.45, 2.75) is 64.7 Å². The third-order valence-electron chi connectivity index (χ3n) is 6.45. The fourth-order valence-electron chi connectivity index (χ4n) is 5.13. The molecule has 1 aromatic rings. The van der Waals surface area contributed by atoms with Crippen molar-refractivity contribution >= 4 is 5.78 Å². The highest BCUT2D eigenvalue weighted by Gasteiger charge is 2.55. The van der Waals surface area contributed by atoms with Gasteiger partial charge in [-0.15, -0.1) is 0 Å². The highest BCUT2D eigenvalue weighted by atomic mass is 16.3. The van der Waals surface area contributed by atoms with Crippen LogP contribution >= 0.6 is 0 Å². The SMILES string of the molecule is CC(C)c1cc2c(c(O)c1O)[C@@]1(CO)CCCC(C)(C)[C@@H]1CC2=O. The van der Waals surface area contributed by atoms with Gasteiger partial charge >= 0.3 is 0 Å². The fraction of sp³-hybridized carbons (Fsp3) is 0.650. The number of hydrogen-bond donors (Lipinski definition) is 3. The van der Waals surface area contributed by atoms with Crippen molar-refractivity contribution < 1.29 is 20.1 Å². The van der Waals surface area contributed by atoms with Gasteiger partial charge < -0.3 is 15.3 Å². The van der Waals surface area contributed by atoms with E-state index in [2.05, 4.69) is 13.8 Å². The van der Waals surface area contributed by atoms with E-state index in [1.807, 2.05) is 13.8 Å². The van der Waals surface area contributed by atoms with Crippen LogP contribution < -0.4 is 0 Å². The van der Waals surface area contributed by atoms with E-state index in [0.29, 0.717) is 23.1 Å². The molecule has 2 aliphatic carbocycles. The number of phenolic OH excluding ortho intramolecular Hbond substituents is 2. The van der Waals surface area contributed by atoms with Gasteiger partial charge in [-0.05, 0) is 36.2 Å². The standard InChI is InChI=1S/C20H28O4/c1-11(2)12-8-13-14(22)9-15-19(3,4)6-5-7-20(15,10-21)16(13)18(24)17(12)23/h8,11,15,21,23-24H,5-7,9-10H2,1-4H3/t15-,20+/m0/s1. The molecule has 2 atom stereocenters. The average Bonchev–Trinajstić information content (AvgIpc) is 2.51. The summed E-state index contributed by atoms with van der Waals surface area (Å²) < 4.78 is 0. The molecule has 1 saturated carbocycles. The zero-order valence-electron chi connectivity index (χ0n) is 15.0. The molecule has 1 aromatic carbocycles. The Morgan fingerprint density at radius 3 is 2.46 bits per heavy atom. The van der Waals surface area contributed by atoms with Crippen molar-refractivity contribution in [3.63, 3.8) is 0 Å². The predicted octanol–water partition coefficient (Wildman–Crippen LogP) is 3.86. The third-order valence-corrected chi connectivity index (χ3v) is 6.45. The summed E-state index contributed by atoms with van der Waals surface area (Å²) in [6.45, 7) is 8.00. The Balaban J connectivity index is 2.32. The summed E-state index contributed by atoms with van der Waals surface area (Å²) in [7, 11) is 0. The maximum Gasteiger partial charge on any atom is 0.163 e. The minimum absolute atomic E-state index is 0.000373. The van der Waals surface area contributed by atoms with Gasteiger partial charge in [0.2, 0.25) is 0 Å². The summed E-state index contributed by atoms with van der Waals surface area (Å²) in [5, 5.41) is 31.6. The Hall–Kier alpha value is -1.55. The Labute approximate surface area is 143 Å². The number of carbonyl (C=O) groups is 1. The number of aliphatic hydroxyl groups is 1. The zero-order valence-corrected chi connectivity index (χ0v) is 15.0. The van der Waals surface area contributed by atoms with Crippen molar-refractivity contribution in [2.75, 3.05) is 6.61 Å². The van der Waals surface area contributed by atoms with Gasteiger partial charge in [0.1, 0.15) is 0 Å². The molecule has 0 unspecified atom stereocenters. The van der Waals surface area contributed by atoms with E-state index in [1.165, 1.54) is 0 Å². The summed E-state index contributed by atoms with van der Waals surface area (Å²) in [5.41, 5.74) is 0.800. The van der Waals surface area contributed by atoms with E-state index in [-0.39, 0.29) is 41.1 Å². The summed E-state index contributed by atoms with van der Waals surface area (Å²) >= 11 is 0. The summed E-state index contributed by atoms with van der Waals surface area (Å²) in [6.07, 6.45) is 3.05. The minimum Gasteiger partial charge on any atom is -0.504 e. The second-order valence-corrected chi connectivity index (χ2v) is 8.58. The van der Waals surface area contributed by atoms with Crippen LogP contribution in [0.3, 0.4) is 0 Å². The lowest BCUT2D eigenvalue weighted by molar-refractivity contribution is -0.00329. The zero-order chi connectivity index (χ0) is 17.9. The molecule has 0 bridgehead atoms. The number of ketones is 1. The molecule has 0 aromatic heterocycles. The molecule has 0 radical (unpaired) electrons. The molecule has 3 N–H and O–H groups in total. The van der Waals surface area contributed by atoms with Crippen LogP contribution in [0.5, 0.6) is 11.5 Å². The number of carbonyl (C=O) groups excluding carboxylic acids is 1. The van der Waals surface area contributed by atoms with Gasteiger partial charge in [-0.25, -0.2) is 0 Å². The Morgan fingerprint density at radius 1 is 1.21 bits per heavy atom. The summed E-state index contributed by atoms with van der Waals surface area (Å²) in [6, 6.07) is 1.73. The number of phenols is 2. The second-order valence-electron chi connectivity index (χ2n) is 8.58. The molecule has 0 amide bonds. The van der Waals surface area contributed by atoms with Crippen molar-refractivity contribution in [2.24, 2.45) is 11.3 Å². The minimum atomic E-state index is -0.651. The van der Waals surface area contributed by atoms with Crippen LogP contribution in [0.15, 0.2) is 6.07 Å². The van der Waals surface area contributed by atoms with Crippen LogP contribution in [0, 0.1) is 11.3 Å². The maximum atomic E-state index is 12.9. The third kappa shape index (κ3) is 2.19. The van der Waals surface area contributed by atoms with E-state index in [9.17, 15) is 20.1 Å². The van der Waals surface area contributed by atoms with Crippen molar-refractivity contribution in [1.82, 2.24) is 0 Å². The lowest BCUT2D eigenvalue weighted by atomic mass is 9.49. The molecule has 0 aliphatic heterocycles. The highest BCUT2D eigenvalue weighted by molar-refractivity contribution is 6.01. The largest absolute Gasteiger partial charge is 0.504 e. The van der Waals surface area contributed by atoms with Crippen LogP contribution in [0.1, 0.15) is 80.8 Å². The van der Waals surface area contributed by atoms with E-state index in [4.69, 9.17) is 0 Å². The smallest absolute Gasteiger partial charge is 0.163 e. The molecule has 2 aliphatic rings. The van der Waals surface area contributed by atoms with Crippen molar-refractivity contribution in [3.05, 3.63) is 22.8 Å². The molecule has 1 fully saturated rings. The van der Waals surface area contributed by atoms with Crippen LogP contribution in [0.2, 0.25) is 0 Å². The molecule has 0 spiro atoms. The van der Waals surface area contributed by atoms with Crippen LogP contribution in [-0.2, 0) is 5.41 Å². The molecule has 132 valence electrons. The first-order chi connectivity index (χ1) is 11.2. The monoisotopic (exact) mass is 332 g/mol. The number of benzene rings is 1. The van der Waals surface area contributed by atoms with Gasteiger partial charge in [0.25, 0.3) is 0 Å². The first kappa shape index (κ1) is 17.3. The summed E-state index contributed by atoms with van der Waals surface area (Å²) in [5.74, 6) is -0.376. The van der Waals surface area contributed by atoms with E-state index >= 15 is 0 Å². The molecule has 4 nitrogen and oxygen atoms in total. The quantitative estimate of drug-likeness (QED) is 0.719. The Kier molecular flexibility index (Phi) is 3.95. The van der Waals surface area contributed by atoms with Gasteiger partial charge in [0.15, 0.2) is 17.3 Å². The molecule has 0 heterocycles. The van der Waals surface area contributed by atoms with E-state index in [0.717, 1.165) is 19.3 Å². The fourth-order valence-corrected chi connectivity index (χ4v) is 5.13. The summed E-state index contributed by atoms with van der Waals surface area (Å²) in [4.78, 5) is 12.9. The second kappa shape index (κ2) is 5.48. The first-order valence-electron chi connectivity index (χ1n) is 8.89. The molecule has 0 saturated heterocycles. The molecule has 24 heavy (non-hydrogen) atoms. The van der Waals surface area contributed by atoms with Gasteiger partial charge in [0, 0.05) is 28.5 Å². The topological polar surface area (TPSA) is 77.8 Å². The number of aromatic hydroxyl groups is 2.